The standard InChI is InChI=1S/C21H23NO3S/c1-21(2)24-14-17(25-21)20(22(23)13-15-8-4-3-5-9-15)19-12-16-10-6-7-11-18(16)26-19/h3-12,17,20,23H,13-14H2,1-2H3/t17-,20-/m1/s1. The molecule has 0 radical (unpaired) electrons. The van der Waals surface area contributed by atoms with Gasteiger partial charge in [0.05, 0.1) is 12.6 Å². The van der Waals surface area contributed by atoms with Gasteiger partial charge in [-0.05, 0) is 36.9 Å². The number of hydroxylamine groups is 2. The zero-order chi connectivity index (χ0) is 18.1. The van der Waals surface area contributed by atoms with Crippen molar-refractivity contribution in [1.29, 1.82) is 0 Å². The number of thiophene rings is 1. The first kappa shape index (κ1) is 17.6. The summed E-state index contributed by atoms with van der Waals surface area (Å²) in [6.45, 7) is 4.71. The van der Waals surface area contributed by atoms with Crippen LogP contribution in [0.25, 0.3) is 10.1 Å². The number of benzene rings is 2. The summed E-state index contributed by atoms with van der Waals surface area (Å²) in [5, 5.41) is 13.5. The molecule has 2 aromatic carbocycles. The summed E-state index contributed by atoms with van der Waals surface area (Å²) in [5.41, 5.74) is 1.05. The number of fused-ring (bicyclic) bond motifs is 1. The summed E-state index contributed by atoms with van der Waals surface area (Å²) in [6, 6.07) is 20.1. The van der Waals surface area contributed by atoms with Crippen molar-refractivity contribution >= 4 is 21.4 Å². The van der Waals surface area contributed by atoms with Crippen LogP contribution in [0.4, 0.5) is 0 Å². The van der Waals surface area contributed by atoms with Gasteiger partial charge in [0.25, 0.3) is 0 Å². The van der Waals surface area contributed by atoms with E-state index < -0.39 is 5.79 Å². The Morgan fingerprint density at radius 1 is 1.15 bits per heavy atom. The van der Waals surface area contributed by atoms with Crippen LogP contribution >= 0.6 is 11.3 Å². The third-order valence-corrected chi connectivity index (χ3v) is 5.81. The minimum atomic E-state index is -0.632. The fourth-order valence-corrected chi connectivity index (χ4v) is 4.64. The lowest BCUT2D eigenvalue weighted by Gasteiger charge is -2.30. The molecular formula is C21H23NO3S. The second-order valence-electron chi connectivity index (χ2n) is 7.08. The van der Waals surface area contributed by atoms with E-state index >= 15 is 0 Å². The Balaban J connectivity index is 1.67. The van der Waals surface area contributed by atoms with Gasteiger partial charge in [0.1, 0.15) is 6.10 Å². The Morgan fingerprint density at radius 3 is 2.58 bits per heavy atom. The van der Waals surface area contributed by atoms with E-state index in [1.54, 1.807) is 11.3 Å². The Labute approximate surface area is 157 Å². The van der Waals surface area contributed by atoms with Crippen molar-refractivity contribution in [3.8, 4) is 0 Å². The number of hydrogen-bond donors (Lipinski definition) is 1. The highest BCUT2D eigenvalue weighted by atomic mass is 32.1. The lowest BCUT2D eigenvalue weighted by Crippen LogP contribution is -2.36. The highest BCUT2D eigenvalue weighted by Crippen LogP contribution is 2.39. The summed E-state index contributed by atoms with van der Waals surface area (Å²) in [4.78, 5) is 1.08. The van der Waals surface area contributed by atoms with Crippen LogP contribution in [0.1, 0.15) is 30.3 Å². The van der Waals surface area contributed by atoms with Gasteiger partial charge in [0.15, 0.2) is 5.79 Å². The smallest absolute Gasteiger partial charge is 0.163 e. The summed E-state index contributed by atoms with van der Waals surface area (Å²) < 4.78 is 13.1. The van der Waals surface area contributed by atoms with E-state index in [2.05, 4.69) is 18.2 Å². The molecule has 26 heavy (non-hydrogen) atoms. The quantitative estimate of drug-likeness (QED) is 0.644. The van der Waals surface area contributed by atoms with Crippen LogP contribution in [0, 0.1) is 0 Å². The van der Waals surface area contributed by atoms with E-state index in [1.165, 1.54) is 15.1 Å². The van der Waals surface area contributed by atoms with E-state index in [9.17, 15) is 5.21 Å². The largest absolute Gasteiger partial charge is 0.348 e. The summed E-state index contributed by atoms with van der Waals surface area (Å²) >= 11 is 1.69. The lowest BCUT2D eigenvalue weighted by molar-refractivity contribution is -0.190. The molecule has 2 heterocycles. The third kappa shape index (κ3) is 3.68. The molecule has 2 atom stereocenters. The summed E-state index contributed by atoms with van der Waals surface area (Å²) in [5.74, 6) is -0.632. The van der Waals surface area contributed by atoms with Crippen LogP contribution in [0.3, 0.4) is 0 Å². The van der Waals surface area contributed by atoms with Crippen molar-refractivity contribution in [2.24, 2.45) is 0 Å². The molecule has 1 fully saturated rings. The predicted octanol–water partition coefficient (Wildman–Crippen LogP) is 4.99. The van der Waals surface area contributed by atoms with Gasteiger partial charge in [0.2, 0.25) is 0 Å². The normalized spacial score (nSPS) is 20.7. The number of hydrogen-bond acceptors (Lipinski definition) is 5. The molecule has 0 bridgehead atoms. The first-order valence-electron chi connectivity index (χ1n) is 8.81. The SMILES string of the molecule is CC1(C)OC[C@H]([C@H](c2cc3ccccc3s2)N(O)Cc2ccccc2)O1. The molecule has 1 aromatic heterocycles. The monoisotopic (exact) mass is 369 g/mol. The number of rotatable bonds is 5. The summed E-state index contributed by atoms with van der Waals surface area (Å²) in [7, 11) is 0. The highest BCUT2D eigenvalue weighted by Gasteiger charge is 2.41. The minimum absolute atomic E-state index is 0.230. The zero-order valence-electron chi connectivity index (χ0n) is 15.0. The van der Waals surface area contributed by atoms with Gasteiger partial charge in [-0.25, -0.2) is 0 Å². The van der Waals surface area contributed by atoms with Crippen LogP contribution in [-0.4, -0.2) is 28.8 Å². The zero-order valence-corrected chi connectivity index (χ0v) is 15.8. The second kappa shape index (κ2) is 7.10. The minimum Gasteiger partial charge on any atom is -0.348 e. The van der Waals surface area contributed by atoms with Gasteiger partial charge in [0, 0.05) is 16.1 Å². The fraction of sp³-hybridized carbons (Fsp3) is 0.333. The van der Waals surface area contributed by atoms with E-state index in [-0.39, 0.29) is 12.1 Å². The maximum Gasteiger partial charge on any atom is 0.163 e. The maximum atomic E-state index is 11.0. The van der Waals surface area contributed by atoms with Gasteiger partial charge < -0.3 is 14.7 Å². The first-order chi connectivity index (χ1) is 12.5. The molecule has 5 heteroatoms. The molecule has 0 spiro atoms. The average Bonchev–Trinajstić information content (AvgIpc) is 3.19. The average molecular weight is 369 g/mol. The van der Waals surface area contributed by atoms with Crippen molar-refractivity contribution < 1.29 is 14.7 Å². The molecule has 1 aliphatic heterocycles. The fourth-order valence-electron chi connectivity index (χ4n) is 3.41. The number of ether oxygens (including phenoxy) is 2. The van der Waals surface area contributed by atoms with Crippen molar-refractivity contribution in [3.63, 3.8) is 0 Å². The Morgan fingerprint density at radius 2 is 1.88 bits per heavy atom. The van der Waals surface area contributed by atoms with E-state index in [0.29, 0.717) is 13.2 Å². The van der Waals surface area contributed by atoms with Crippen LogP contribution in [0.15, 0.2) is 60.7 Å². The Hall–Kier alpha value is -1.76. The van der Waals surface area contributed by atoms with E-state index in [4.69, 9.17) is 9.47 Å². The molecule has 0 saturated carbocycles. The van der Waals surface area contributed by atoms with Gasteiger partial charge >= 0.3 is 0 Å². The van der Waals surface area contributed by atoms with Gasteiger partial charge in [-0.1, -0.05) is 48.5 Å². The second-order valence-corrected chi connectivity index (χ2v) is 8.20. The van der Waals surface area contributed by atoms with Crippen molar-refractivity contribution in [2.45, 2.75) is 38.3 Å². The molecule has 3 aromatic rings. The highest BCUT2D eigenvalue weighted by molar-refractivity contribution is 7.19. The summed E-state index contributed by atoms with van der Waals surface area (Å²) in [6.07, 6.45) is -0.230. The van der Waals surface area contributed by atoms with Gasteiger partial charge in [-0.3, -0.25) is 0 Å². The molecule has 1 N–H and O–H groups in total. The first-order valence-corrected chi connectivity index (χ1v) is 9.63. The number of nitrogens with zero attached hydrogens (tertiary/aromatic N) is 1. The molecule has 1 saturated heterocycles. The molecule has 0 amide bonds. The Kier molecular flexibility index (Phi) is 4.82. The van der Waals surface area contributed by atoms with Crippen molar-refractivity contribution in [2.75, 3.05) is 6.61 Å². The van der Waals surface area contributed by atoms with Crippen molar-refractivity contribution in [1.82, 2.24) is 5.06 Å². The van der Waals surface area contributed by atoms with E-state index in [0.717, 1.165) is 10.4 Å². The van der Waals surface area contributed by atoms with Gasteiger partial charge in [-0.15, -0.1) is 11.3 Å². The third-order valence-electron chi connectivity index (χ3n) is 4.63. The van der Waals surface area contributed by atoms with Gasteiger partial charge in [-0.2, -0.15) is 5.06 Å². The maximum absolute atomic E-state index is 11.0. The molecule has 1 aliphatic rings. The lowest BCUT2D eigenvalue weighted by atomic mass is 10.1. The van der Waals surface area contributed by atoms with Crippen LogP contribution in [0.5, 0.6) is 0 Å². The predicted molar refractivity (Wildman–Crippen MR) is 103 cm³/mol. The molecule has 0 unspecified atom stereocenters. The van der Waals surface area contributed by atoms with Crippen LogP contribution < -0.4 is 0 Å². The molecule has 136 valence electrons. The molecule has 0 aliphatic carbocycles. The van der Waals surface area contributed by atoms with E-state index in [1.807, 2.05) is 56.3 Å². The van der Waals surface area contributed by atoms with Crippen LogP contribution in [0.2, 0.25) is 0 Å². The molecule has 4 nitrogen and oxygen atoms in total. The Bertz CT molecular complexity index is 844. The van der Waals surface area contributed by atoms with Crippen molar-refractivity contribution in [3.05, 3.63) is 71.1 Å². The topological polar surface area (TPSA) is 41.9 Å². The molecular weight excluding hydrogens is 346 g/mol. The van der Waals surface area contributed by atoms with Crippen LogP contribution in [-0.2, 0) is 16.0 Å². The molecule has 4 rings (SSSR count).